The molecule has 0 spiro atoms. The highest BCUT2D eigenvalue weighted by molar-refractivity contribution is 4.42. The predicted molar refractivity (Wildman–Crippen MR) is 38.5 cm³/mol. The van der Waals surface area contributed by atoms with Crippen LogP contribution in [0.2, 0.25) is 0 Å². The van der Waals surface area contributed by atoms with E-state index >= 15 is 0 Å². The fraction of sp³-hybridized carbons (Fsp3) is 1.00. The molecule has 0 fully saturated rings. The fourth-order valence-corrected chi connectivity index (χ4v) is 0.585. The van der Waals surface area contributed by atoms with Crippen LogP contribution in [0.4, 0.5) is 0 Å². The second-order valence-corrected chi connectivity index (χ2v) is 1.74. The summed E-state index contributed by atoms with van der Waals surface area (Å²) in [6, 6.07) is 0. The van der Waals surface area contributed by atoms with E-state index in [1.54, 1.807) is 0 Å². The maximum Gasteiger partial charge on any atom is 0.0300 e. The number of nitrogens with one attached hydrogen (secondary N) is 2. The van der Waals surface area contributed by atoms with Crippen molar-refractivity contribution in [2.45, 2.75) is 6.42 Å². The summed E-state index contributed by atoms with van der Waals surface area (Å²) in [5.74, 6) is 0. The third-order valence-electron chi connectivity index (χ3n) is 1.13. The maximum absolute atomic E-state index is 5.30. The molecule has 0 saturated carbocycles. The van der Waals surface area contributed by atoms with Gasteiger partial charge in [-0.05, 0) is 13.0 Å². The molecular formula is C5H16N4. The van der Waals surface area contributed by atoms with Crippen LogP contribution in [0, 0.1) is 0 Å². The molecule has 0 amide bonds. The number of hydrazine groups is 2. The lowest BCUT2D eigenvalue weighted by Gasteiger charge is -2.18. The lowest BCUT2D eigenvalue weighted by atomic mass is 10.4. The Balaban J connectivity index is 3.09. The third kappa shape index (κ3) is 4.35. The van der Waals surface area contributed by atoms with Gasteiger partial charge in [-0.2, -0.15) is 5.12 Å². The van der Waals surface area contributed by atoms with E-state index in [1.165, 1.54) is 0 Å². The minimum Gasteiger partial charge on any atom is -0.330 e. The van der Waals surface area contributed by atoms with Gasteiger partial charge in [0.15, 0.2) is 0 Å². The molecule has 0 atom stereocenters. The average molecular weight is 132 g/mol. The summed E-state index contributed by atoms with van der Waals surface area (Å²) in [4.78, 5) is 0. The molecule has 0 aliphatic carbocycles. The summed E-state index contributed by atoms with van der Waals surface area (Å²) in [7, 11) is 3.74. The first kappa shape index (κ1) is 8.84. The summed E-state index contributed by atoms with van der Waals surface area (Å²) in [6.45, 7) is 1.67. The Morgan fingerprint density at radius 3 is 2.22 bits per heavy atom. The van der Waals surface area contributed by atoms with E-state index in [-0.39, 0.29) is 0 Å². The van der Waals surface area contributed by atoms with Gasteiger partial charge in [0, 0.05) is 20.6 Å². The van der Waals surface area contributed by atoms with Crippen molar-refractivity contribution in [2.24, 2.45) is 5.73 Å². The van der Waals surface area contributed by atoms with Gasteiger partial charge in [-0.3, -0.25) is 0 Å². The Bertz CT molecular complexity index is 52.9. The van der Waals surface area contributed by atoms with Crippen LogP contribution in [-0.4, -0.2) is 32.3 Å². The predicted octanol–water partition coefficient (Wildman–Crippen LogP) is -1.09. The normalized spacial score (nSPS) is 10.7. The van der Waals surface area contributed by atoms with Crippen molar-refractivity contribution in [3.05, 3.63) is 0 Å². The standard InChI is InChI=1S/C5H16N4/c1-7-9(8-2)5-3-4-6/h7-8H,3-6H2,1-2H3. The summed E-state index contributed by atoms with van der Waals surface area (Å²) >= 11 is 0. The van der Waals surface area contributed by atoms with Crippen molar-refractivity contribution in [1.29, 1.82) is 0 Å². The van der Waals surface area contributed by atoms with Crippen LogP contribution in [-0.2, 0) is 0 Å². The molecule has 0 aromatic carbocycles. The second kappa shape index (κ2) is 5.97. The number of hydrogen-bond acceptors (Lipinski definition) is 4. The molecule has 0 aromatic heterocycles. The molecule has 0 aliphatic rings. The molecule has 56 valence electrons. The molecule has 0 aromatic rings. The van der Waals surface area contributed by atoms with Crippen molar-refractivity contribution >= 4 is 0 Å². The molecule has 4 nitrogen and oxygen atoms in total. The van der Waals surface area contributed by atoms with E-state index in [2.05, 4.69) is 10.9 Å². The van der Waals surface area contributed by atoms with Crippen LogP contribution < -0.4 is 16.6 Å². The molecule has 0 unspecified atom stereocenters. The zero-order valence-electron chi connectivity index (χ0n) is 6.15. The van der Waals surface area contributed by atoms with Crippen molar-refractivity contribution in [3.8, 4) is 0 Å². The summed E-state index contributed by atoms with van der Waals surface area (Å²) in [6.07, 6.45) is 1.00. The van der Waals surface area contributed by atoms with Crippen molar-refractivity contribution in [2.75, 3.05) is 27.2 Å². The first-order valence-corrected chi connectivity index (χ1v) is 3.17. The molecular weight excluding hydrogens is 116 g/mol. The van der Waals surface area contributed by atoms with E-state index in [0.717, 1.165) is 19.5 Å². The van der Waals surface area contributed by atoms with Gasteiger partial charge in [-0.25, -0.2) is 10.9 Å². The smallest absolute Gasteiger partial charge is 0.0300 e. The molecule has 0 saturated heterocycles. The zero-order chi connectivity index (χ0) is 7.11. The Hall–Kier alpha value is -0.160. The Morgan fingerprint density at radius 2 is 1.89 bits per heavy atom. The average Bonchev–Trinajstić information content (AvgIpc) is 1.91. The highest BCUT2D eigenvalue weighted by Crippen LogP contribution is 1.76. The highest BCUT2D eigenvalue weighted by Gasteiger charge is 1.93. The third-order valence-corrected chi connectivity index (χ3v) is 1.13. The van der Waals surface area contributed by atoms with E-state index in [1.807, 2.05) is 19.2 Å². The minimum atomic E-state index is 0.736. The van der Waals surface area contributed by atoms with Crippen LogP contribution in [0.1, 0.15) is 6.42 Å². The summed E-state index contributed by atoms with van der Waals surface area (Å²) in [5.41, 5.74) is 11.2. The largest absolute Gasteiger partial charge is 0.330 e. The van der Waals surface area contributed by atoms with Crippen molar-refractivity contribution in [3.63, 3.8) is 0 Å². The Morgan fingerprint density at radius 1 is 1.33 bits per heavy atom. The van der Waals surface area contributed by atoms with Crippen LogP contribution >= 0.6 is 0 Å². The van der Waals surface area contributed by atoms with E-state index in [9.17, 15) is 0 Å². The molecule has 0 aliphatic heterocycles. The molecule has 4 heteroatoms. The highest BCUT2D eigenvalue weighted by atomic mass is 15.7. The fourth-order valence-electron chi connectivity index (χ4n) is 0.585. The van der Waals surface area contributed by atoms with Gasteiger partial charge >= 0.3 is 0 Å². The van der Waals surface area contributed by atoms with Crippen molar-refractivity contribution in [1.82, 2.24) is 16.0 Å². The topological polar surface area (TPSA) is 53.3 Å². The van der Waals surface area contributed by atoms with Gasteiger partial charge < -0.3 is 5.73 Å². The van der Waals surface area contributed by atoms with Gasteiger partial charge in [0.05, 0.1) is 0 Å². The van der Waals surface area contributed by atoms with Crippen LogP contribution in [0.25, 0.3) is 0 Å². The summed E-state index contributed by atoms with van der Waals surface area (Å²) in [5, 5.41) is 1.88. The van der Waals surface area contributed by atoms with Crippen molar-refractivity contribution < 1.29 is 0 Å². The molecule has 0 bridgehead atoms. The van der Waals surface area contributed by atoms with E-state index in [4.69, 9.17) is 5.73 Å². The molecule has 0 rings (SSSR count). The Labute approximate surface area is 56.3 Å². The van der Waals surface area contributed by atoms with Gasteiger partial charge in [0.1, 0.15) is 0 Å². The number of hydrogen-bond donors (Lipinski definition) is 3. The molecule has 0 radical (unpaired) electrons. The zero-order valence-corrected chi connectivity index (χ0v) is 6.15. The summed E-state index contributed by atoms with van der Waals surface area (Å²) < 4.78 is 0. The Kier molecular flexibility index (Phi) is 5.86. The second-order valence-electron chi connectivity index (χ2n) is 1.74. The quantitative estimate of drug-likeness (QED) is 0.416. The van der Waals surface area contributed by atoms with Crippen LogP contribution in [0.5, 0.6) is 0 Å². The van der Waals surface area contributed by atoms with Gasteiger partial charge in [0.25, 0.3) is 0 Å². The maximum atomic E-state index is 5.30. The lowest BCUT2D eigenvalue weighted by molar-refractivity contribution is 0.145. The minimum absolute atomic E-state index is 0.736. The van der Waals surface area contributed by atoms with Crippen LogP contribution in [0.15, 0.2) is 0 Å². The number of rotatable bonds is 5. The van der Waals surface area contributed by atoms with Gasteiger partial charge in [-0.15, -0.1) is 0 Å². The molecule has 4 N–H and O–H groups in total. The number of nitrogens with zero attached hydrogens (tertiary/aromatic N) is 1. The lowest BCUT2D eigenvalue weighted by Crippen LogP contribution is -2.45. The monoisotopic (exact) mass is 132 g/mol. The number of nitrogens with two attached hydrogens (primary N) is 1. The first-order valence-electron chi connectivity index (χ1n) is 3.17. The van der Waals surface area contributed by atoms with Gasteiger partial charge in [-0.1, -0.05) is 0 Å². The SMILES string of the molecule is CNN(CCCN)NC. The van der Waals surface area contributed by atoms with E-state index in [0.29, 0.717) is 0 Å². The van der Waals surface area contributed by atoms with Crippen LogP contribution in [0.3, 0.4) is 0 Å². The first-order chi connectivity index (χ1) is 4.35. The molecule has 0 heterocycles. The molecule has 9 heavy (non-hydrogen) atoms. The van der Waals surface area contributed by atoms with E-state index < -0.39 is 0 Å². The van der Waals surface area contributed by atoms with Gasteiger partial charge in [0.2, 0.25) is 0 Å².